The first-order chi connectivity index (χ1) is 13.7. The molecule has 2 N–H and O–H groups in total. The molecule has 1 unspecified atom stereocenters. The van der Waals surface area contributed by atoms with Gasteiger partial charge in [-0.2, -0.15) is 11.3 Å². The van der Waals surface area contributed by atoms with Gasteiger partial charge in [0.25, 0.3) is 0 Å². The van der Waals surface area contributed by atoms with E-state index in [2.05, 4.69) is 5.32 Å². The fourth-order valence-corrected chi connectivity index (χ4v) is 4.32. The molecule has 1 fully saturated rings. The van der Waals surface area contributed by atoms with Crippen LogP contribution >= 0.6 is 11.3 Å². The molecule has 0 aliphatic carbocycles. The number of hydrogen-bond donors (Lipinski definition) is 2. The average molecular weight is 397 g/mol. The molecule has 0 spiro atoms. The highest BCUT2D eigenvalue weighted by atomic mass is 32.1. The number of aliphatic hydroxyl groups is 1. The predicted octanol–water partition coefficient (Wildman–Crippen LogP) is 3.91. The number of rotatable bonds is 6. The van der Waals surface area contributed by atoms with Crippen LogP contribution in [0.2, 0.25) is 0 Å². The first-order valence-corrected chi connectivity index (χ1v) is 10.4. The molecule has 4 rings (SSSR count). The first-order valence-electron chi connectivity index (χ1n) is 9.41. The Morgan fingerprint density at radius 2 is 1.93 bits per heavy atom. The van der Waals surface area contributed by atoms with Crippen LogP contribution < -0.4 is 5.32 Å². The summed E-state index contributed by atoms with van der Waals surface area (Å²) in [6, 6.07) is 15.4. The molecule has 6 heteroatoms. The Morgan fingerprint density at radius 3 is 2.64 bits per heavy atom. The maximum absolute atomic E-state index is 13.1. The highest BCUT2D eigenvalue weighted by molar-refractivity contribution is 7.08. The summed E-state index contributed by atoms with van der Waals surface area (Å²) in [4.78, 5) is 13.1. The van der Waals surface area contributed by atoms with E-state index in [1.54, 1.807) is 17.4 Å². The molecule has 1 aromatic carbocycles. The van der Waals surface area contributed by atoms with Crippen molar-refractivity contribution in [1.82, 2.24) is 5.32 Å². The van der Waals surface area contributed by atoms with E-state index in [1.165, 1.54) is 0 Å². The maximum Gasteiger partial charge on any atom is 0.230 e. The van der Waals surface area contributed by atoms with Gasteiger partial charge in [-0.1, -0.05) is 30.3 Å². The standard InChI is InChI=1S/C22H23NO4S/c24-18(20-7-6-19(27-20)16-8-13-28-15-16)14-23-21(25)22(9-11-26-12-10-22)17-4-2-1-3-5-17/h1-8,13,15,18,24H,9-12,14H2,(H,23,25). The van der Waals surface area contributed by atoms with E-state index in [0.29, 0.717) is 37.6 Å². The third-order valence-electron chi connectivity index (χ3n) is 5.32. The summed E-state index contributed by atoms with van der Waals surface area (Å²) in [5, 5.41) is 17.4. The largest absolute Gasteiger partial charge is 0.458 e. The normalized spacial score (nSPS) is 17.2. The van der Waals surface area contributed by atoms with Crippen LogP contribution in [-0.2, 0) is 14.9 Å². The number of hydrogen-bond acceptors (Lipinski definition) is 5. The van der Waals surface area contributed by atoms with E-state index in [1.807, 2.05) is 53.2 Å². The molecule has 0 bridgehead atoms. The average Bonchev–Trinajstić information content (AvgIpc) is 3.44. The molecule has 5 nitrogen and oxygen atoms in total. The minimum Gasteiger partial charge on any atom is -0.458 e. The van der Waals surface area contributed by atoms with Gasteiger partial charge in [-0.15, -0.1) is 0 Å². The van der Waals surface area contributed by atoms with E-state index in [-0.39, 0.29) is 12.5 Å². The zero-order chi connectivity index (χ0) is 19.4. The summed E-state index contributed by atoms with van der Waals surface area (Å²) >= 11 is 1.59. The molecule has 28 heavy (non-hydrogen) atoms. The third kappa shape index (κ3) is 3.76. The number of carbonyl (C=O) groups is 1. The second kappa shape index (κ2) is 8.31. The molecule has 1 aliphatic heterocycles. The summed E-state index contributed by atoms with van der Waals surface area (Å²) in [7, 11) is 0. The molecule has 146 valence electrons. The highest BCUT2D eigenvalue weighted by Gasteiger charge is 2.41. The number of ether oxygens (including phenoxy) is 1. The zero-order valence-electron chi connectivity index (χ0n) is 15.5. The van der Waals surface area contributed by atoms with Gasteiger partial charge in [0.05, 0.1) is 12.0 Å². The van der Waals surface area contributed by atoms with Crippen LogP contribution in [0.4, 0.5) is 0 Å². The number of furan rings is 1. The molecule has 0 radical (unpaired) electrons. The quantitative estimate of drug-likeness (QED) is 0.662. The van der Waals surface area contributed by atoms with Crippen molar-refractivity contribution in [3.05, 3.63) is 70.6 Å². The number of thiophene rings is 1. The molecule has 0 saturated carbocycles. The van der Waals surface area contributed by atoms with Crippen molar-refractivity contribution in [2.24, 2.45) is 0 Å². The number of amides is 1. The topological polar surface area (TPSA) is 71.7 Å². The Morgan fingerprint density at radius 1 is 1.14 bits per heavy atom. The van der Waals surface area contributed by atoms with Crippen molar-refractivity contribution in [1.29, 1.82) is 0 Å². The van der Waals surface area contributed by atoms with Crippen LogP contribution in [0.1, 0.15) is 30.3 Å². The Hall–Kier alpha value is -2.41. The van der Waals surface area contributed by atoms with Crippen molar-refractivity contribution >= 4 is 17.2 Å². The van der Waals surface area contributed by atoms with Gasteiger partial charge in [0.1, 0.15) is 17.6 Å². The molecule has 1 saturated heterocycles. The minimum atomic E-state index is -0.899. The maximum atomic E-state index is 13.1. The van der Waals surface area contributed by atoms with E-state index in [9.17, 15) is 9.90 Å². The van der Waals surface area contributed by atoms with Crippen LogP contribution in [0.25, 0.3) is 11.3 Å². The lowest BCUT2D eigenvalue weighted by atomic mass is 9.73. The van der Waals surface area contributed by atoms with Crippen LogP contribution in [0.3, 0.4) is 0 Å². The van der Waals surface area contributed by atoms with Gasteiger partial charge in [0.2, 0.25) is 5.91 Å². The number of nitrogens with one attached hydrogen (secondary N) is 1. The molecule has 3 heterocycles. The Labute approximate surface area is 168 Å². The van der Waals surface area contributed by atoms with E-state index in [4.69, 9.17) is 9.15 Å². The molecule has 3 aromatic rings. The highest BCUT2D eigenvalue weighted by Crippen LogP contribution is 2.35. The fourth-order valence-electron chi connectivity index (χ4n) is 3.67. The number of benzene rings is 1. The Kier molecular flexibility index (Phi) is 5.62. The molecular weight excluding hydrogens is 374 g/mol. The van der Waals surface area contributed by atoms with Crippen molar-refractivity contribution < 1.29 is 19.1 Å². The van der Waals surface area contributed by atoms with Gasteiger partial charge in [-0.25, -0.2) is 0 Å². The predicted molar refractivity (Wildman–Crippen MR) is 108 cm³/mol. The van der Waals surface area contributed by atoms with E-state index < -0.39 is 11.5 Å². The second-order valence-corrected chi connectivity index (χ2v) is 7.78. The van der Waals surface area contributed by atoms with Crippen molar-refractivity contribution in [2.45, 2.75) is 24.4 Å². The van der Waals surface area contributed by atoms with Crippen LogP contribution in [-0.4, -0.2) is 30.8 Å². The van der Waals surface area contributed by atoms with Crippen molar-refractivity contribution in [2.75, 3.05) is 19.8 Å². The minimum absolute atomic E-state index is 0.0781. The first kappa shape index (κ1) is 18.9. The van der Waals surface area contributed by atoms with Gasteiger partial charge < -0.3 is 19.6 Å². The molecule has 1 aliphatic rings. The van der Waals surface area contributed by atoms with Crippen LogP contribution in [0.15, 0.2) is 63.7 Å². The molecule has 1 atom stereocenters. The van der Waals surface area contributed by atoms with Crippen LogP contribution in [0.5, 0.6) is 0 Å². The van der Waals surface area contributed by atoms with Gasteiger partial charge >= 0.3 is 0 Å². The van der Waals surface area contributed by atoms with Gasteiger partial charge in [-0.05, 0) is 42.0 Å². The summed E-state index contributed by atoms with van der Waals surface area (Å²) < 4.78 is 11.2. The van der Waals surface area contributed by atoms with Gasteiger partial charge in [0.15, 0.2) is 0 Å². The fraction of sp³-hybridized carbons (Fsp3) is 0.318. The van der Waals surface area contributed by atoms with Crippen molar-refractivity contribution in [3.8, 4) is 11.3 Å². The monoisotopic (exact) mass is 397 g/mol. The molecule has 2 aromatic heterocycles. The molecule has 1 amide bonds. The van der Waals surface area contributed by atoms with E-state index in [0.717, 1.165) is 11.1 Å². The third-order valence-corrected chi connectivity index (χ3v) is 6.01. The SMILES string of the molecule is O=C(NCC(O)c1ccc(-c2ccsc2)o1)C1(c2ccccc2)CCOCC1. The Bertz CT molecular complexity index is 898. The van der Waals surface area contributed by atoms with Crippen molar-refractivity contribution in [3.63, 3.8) is 0 Å². The summed E-state index contributed by atoms with van der Waals surface area (Å²) in [5.74, 6) is 1.08. The lowest BCUT2D eigenvalue weighted by molar-refractivity contribution is -0.131. The van der Waals surface area contributed by atoms with Gasteiger partial charge in [0, 0.05) is 24.2 Å². The molecular formula is C22H23NO4S. The summed E-state index contributed by atoms with van der Waals surface area (Å²) in [6.07, 6.45) is 0.355. The lowest BCUT2D eigenvalue weighted by Gasteiger charge is -2.36. The second-order valence-electron chi connectivity index (χ2n) is 7.00. The van der Waals surface area contributed by atoms with Gasteiger partial charge in [-0.3, -0.25) is 4.79 Å². The number of carbonyl (C=O) groups excluding carboxylic acids is 1. The Balaban J connectivity index is 1.45. The smallest absolute Gasteiger partial charge is 0.230 e. The van der Waals surface area contributed by atoms with Crippen LogP contribution in [0, 0.1) is 0 Å². The zero-order valence-corrected chi connectivity index (χ0v) is 16.3. The lowest BCUT2D eigenvalue weighted by Crippen LogP contribution is -2.48. The van der Waals surface area contributed by atoms with E-state index >= 15 is 0 Å². The number of aliphatic hydroxyl groups excluding tert-OH is 1. The summed E-state index contributed by atoms with van der Waals surface area (Å²) in [6.45, 7) is 1.20. The summed E-state index contributed by atoms with van der Waals surface area (Å²) in [5.41, 5.74) is 1.35.